The van der Waals surface area contributed by atoms with Crippen LogP contribution in [0.3, 0.4) is 0 Å². The number of benzene rings is 1. The molecule has 0 saturated carbocycles. The Labute approximate surface area is 143 Å². The van der Waals surface area contributed by atoms with E-state index in [1.54, 1.807) is 6.92 Å². The Morgan fingerprint density at radius 1 is 1.28 bits per heavy atom. The van der Waals surface area contributed by atoms with Crippen molar-refractivity contribution in [2.45, 2.75) is 25.6 Å². The topological polar surface area (TPSA) is 126 Å². The lowest BCUT2D eigenvalue weighted by Gasteiger charge is -2.17. The number of aromatic amines is 1. The number of esters is 2. The van der Waals surface area contributed by atoms with Crippen molar-refractivity contribution in [2.24, 2.45) is 0 Å². The molecule has 0 aliphatic rings. The number of fused-ring (bicyclic) bond motifs is 1. The van der Waals surface area contributed by atoms with Gasteiger partial charge < -0.3 is 24.7 Å². The van der Waals surface area contributed by atoms with Gasteiger partial charge in [-0.3, -0.25) is 9.59 Å². The van der Waals surface area contributed by atoms with Gasteiger partial charge in [0.05, 0.1) is 26.2 Å². The number of carbonyl (C=O) groups is 2. The number of ether oxygens (including phenoxy) is 2. The highest BCUT2D eigenvalue weighted by atomic mass is 16.5. The second-order valence-corrected chi connectivity index (χ2v) is 5.35. The molecule has 8 heteroatoms. The summed E-state index contributed by atoms with van der Waals surface area (Å²) in [6.45, 7) is 1.76. The van der Waals surface area contributed by atoms with E-state index in [0.29, 0.717) is 5.52 Å². The molecule has 25 heavy (non-hydrogen) atoms. The van der Waals surface area contributed by atoms with Gasteiger partial charge in [-0.2, -0.15) is 0 Å². The number of rotatable bonds is 6. The molecule has 8 nitrogen and oxygen atoms in total. The molecule has 2 aromatic rings. The summed E-state index contributed by atoms with van der Waals surface area (Å²) in [7, 11) is 1.17. The van der Waals surface area contributed by atoms with Crippen molar-refractivity contribution in [3.8, 4) is 0 Å². The molecule has 1 aromatic heterocycles. The maximum atomic E-state index is 12.5. The highest BCUT2D eigenvalue weighted by molar-refractivity contribution is 5.93. The maximum absolute atomic E-state index is 12.5. The summed E-state index contributed by atoms with van der Waals surface area (Å²) in [4.78, 5) is 38.3. The summed E-state index contributed by atoms with van der Waals surface area (Å²) < 4.78 is 9.27. The predicted octanol–water partition coefficient (Wildman–Crippen LogP) is 0.662. The summed E-state index contributed by atoms with van der Waals surface area (Å²) in [5.41, 5.74) is -0.0216. The van der Waals surface area contributed by atoms with Crippen LogP contribution in [-0.2, 0) is 14.3 Å². The van der Waals surface area contributed by atoms with Crippen molar-refractivity contribution in [3.05, 3.63) is 45.7 Å². The van der Waals surface area contributed by atoms with E-state index in [-0.39, 0.29) is 23.1 Å². The maximum Gasteiger partial charge on any atom is 0.343 e. The Hall–Kier alpha value is -2.71. The lowest BCUT2D eigenvalue weighted by Crippen LogP contribution is -2.23. The fourth-order valence-electron chi connectivity index (χ4n) is 2.37. The van der Waals surface area contributed by atoms with Crippen LogP contribution in [0.4, 0.5) is 0 Å². The molecule has 0 aliphatic carbocycles. The Morgan fingerprint density at radius 3 is 2.64 bits per heavy atom. The Bertz CT molecular complexity index is 842. The lowest BCUT2D eigenvalue weighted by molar-refractivity contribution is -0.144. The number of nitrogens with one attached hydrogen (secondary N) is 1. The van der Waals surface area contributed by atoms with Crippen LogP contribution >= 0.6 is 0 Å². The fraction of sp³-hybridized carbons (Fsp3) is 0.353. The molecule has 1 aromatic carbocycles. The lowest BCUT2D eigenvalue weighted by atomic mass is 9.99. The molecule has 0 bridgehead atoms. The minimum atomic E-state index is -1.39. The molecule has 2 rings (SSSR count). The summed E-state index contributed by atoms with van der Waals surface area (Å²) in [6, 6.07) is 4.41. The van der Waals surface area contributed by atoms with Gasteiger partial charge in [-0.05, 0) is 24.6 Å². The van der Waals surface area contributed by atoms with E-state index >= 15 is 0 Å². The minimum Gasteiger partial charge on any atom is -0.469 e. The van der Waals surface area contributed by atoms with E-state index in [0.717, 1.165) is 0 Å². The molecule has 0 fully saturated rings. The number of pyridine rings is 1. The van der Waals surface area contributed by atoms with Crippen LogP contribution in [0.2, 0.25) is 0 Å². The minimum absolute atomic E-state index is 0.134. The highest BCUT2D eigenvalue weighted by Gasteiger charge is 2.23. The molecule has 3 N–H and O–H groups in total. The molecule has 134 valence electrons. The quantitative estimate of drug-likeness (QED) is 0.654. The highest BCUT2D eigenvalue weighted by Crippen LogP contribution is 2.22. The zero-order valence-electron chi connectivity index (χ0n) is 13.8. The van der Waals surface area contributed by atoms with Crippen LogP contribution in [0.5, 0.6) is 0 Å². The van der Waals surface area contributed by atoms with E-state index in [9.17, 15) is 24.6 Å². The molecular formula is C17H19NO7. The molecule has 1 heterocycles. The number of H-pyrrole nitrogens is 1. The zero-order valence-corrected chi connectivity index (χ0v) is 13.8. The van der Waals surface area contributed by atoms with Crippen molar-refractivity contribution in [2.75, 3.05) is 13.7 Å². The Morgan fingerprint density at radius 2 is 2.00 bits per heavy atom. The van der Waals surface area contributed by atoms with Gasteiger partial charge in [0.1, 0.15) is 11.7 Å². The fourth-order valence-corrected chi connectivity index (χ4v) is 2.37. The van der Waals surface area contributed by atoms with Gasteiger partial charge in [0.25, 0.3) is 0 Å². The first-order chi connectivity index (χ1) is 11.9. The molecule has 2 atom stereocenters. The first-order valence-corrected chi connectivity index (χ1v) is 7.64. The van der Waals surface area contributed by atoms with Gasteiger partial charge in [0, 0.05) is 17.1 Å². The molecule has 2 unspecified atom stereocenters. The van der Waals surface area contributed by atoms with Gasteiger partial charge in [0.2, 0.25) is 5.43 Å². The number of carbonyl (C=O) groups excluding carboxylic acids is 2. The molecule has 0 aliphatic heterocycles. The Kier molecular flexibility index (Phi) is 5.89. The second-order valence-electron chi connectivity index (χ2n) is 5.35. The number of aliphatic hydroxyl groups excluding tert-OH is 2. The summed E-state index contributed by atoms with van der Waals surface area (Å²) in [5, 5.41) is 20.3. The van der Waals surface area contributed by atoms with Gasteiger partial charge in [-0.1, -0.05) is 6.07 Å². The largest absolute Gasteiger partial charge is 0.469 e. The number of hydrogen-bond acceptors (Lipinski definition) is 7. The van der Waals surface area contributed by atoms with Crippen LogP contribution in [0.25, 0.3) is 10.9 Å². The van der Waals surface area contributed by atoms with E-state index in [2.05, 4.69) is 9.72 Å². The van der Waals surface area contributed by atoms with Crippen molar-refractivity contribution < 1.29 is 29.3 Å². The number of hydrogen-bond donors (Lipinski definition) is 3. The van der Waals surface area contributed by atoms with Crippen LogP contribution < -0.4 is 5.43 Å². The average Bonchev–Trinajstić information content (AvgIpc) is 2.61. The van der Waals surface area contributed by atoms with Gasteiger partial charge in [-0.15, -0.1) is 0 Å². The molecule has 0 saturated heterocycles. The van der Waals surface area contributed by atoms with Crippen LogP contribution in [0.15, 0.2) is 29.2 Å². The molecule has 0 spiro atoms. The normalized spacial score (nSPS) is 13.3. The standard InChI is InChI=1S/C17H19NO7/c1-3-25-17(23)11-8-18-12-5-4-9(6-10(12)16(11)22)15(21)13(19)7-14(20)24-2/h4-6,8,13,15,19,21H,3,7H2,1-2H3,(H,18,22). The Balaban J connectivity index is 2.40. The molecular weight excluding hydrogens is 330 g/mol. The van der Waals surface area contributed by atoms with Crippen LogP contribution in [-0.4, -0.2) is 47.0 Å². The average molecular weight is 349 g/mol. The third kappa shape index (κ3) is 4.04. The van der Waals surface area contributed by atoms with Crippen molar-refractivity contribution in [1.82, 2.24) is 4.98 Å². The third-order valence-electron chi connectivity index (χ3n) is 3.71. The number of aliphatic hydroxyl groups is 2. The second kappa shape index (κ2) is 7.91. The van der Waals surface area contributed by atoms with Gasteiger partial charge in [0.15, 0.2) is 0 Å². The van der Waals surface area contributed by atoms with E-state index in [1.807, 2.05) is 0 Å². The molecule has 0 radical (unpaired) electrons. The molecule has 0 amide bonds. The summed E-state index contributed by atoms with van der Waals surface area (Å²) in [5.74, 6) is -1.42. The zero-order chi connectivity index (χ0) is 18.6. The van der Waals surface area contributed by atoms with Crippen LogP contribution in [0.1, 0.15) is 35.4 Å². The van der Waals surface area contributed by atoms with Gasteiger partial charge >= 0.3 is 11.9 Å². The van der Waals surface area contributed by atoms with E-state index in [4.69, 9.17) is 4.74 Å². The van der Waals surface area contributed by atoms with Crippen molar-refractivity contribution >= 4 is 22.8 Å². The van der Waals surface area contributed by atoms with E-state index in [1.165, 1.54) is 31.5 Å². The third-order valence-corrected chi connectivity index (χ3v) is 3.71. The van der Waals surface area contributed by atoms with Crippen LogP contribution in [0, 0.1) is 0 Å². The first-order valence-electron chi connectivity index (χ1n) is 7.64. The predicted molar refractivity (Wildman–Crippen MR) is 88.1 cm³/mol. The number of methoxy groups -OCH3 is 1. The van der Waals surface area contributed by atoms with Gasteiger partial charge in [-0.25, -0.2) is 4.79 Å². The number of aromatic nitrogens is 1. The summed E-state index contributed by atoms with van der Waals surface area (Å²) in [6.07, 6.45) is -1.91. The SMILES string of the molecule is CCOC(=O)c1c[nH]c2ccc(C(O)C(O)CC(=O)OC)cc2c1=O. The van der Waals surface area contributed by atoms with E-state index < -0.39 is 36.0 Å². The van der Waals surface area contributed by atoms with Crippen molar-refractivity contribution in [1.29, 1.82) is 0 Å². The van der Waals surface area contributed by atoms with Crippen molar-refractivity contribution in [3.63, 3.8) is 0 Å². The monoisotopic (exact) mass is 349 g/mol. The summed E-state index contributed by atoms with van der Waals surface area (Å²) >= 11 is 0. The first kappa shape index (κ1) is 18.6. The smallest absolute Gasteiger partial charge is 0.343 e.